The minimum absolute atomic E-state index is 0.0698. The SMILES string of the molecule is C=CCCNS(=O)(=O)c1ccc(F)cc1[N+](=O)[O-]. The third-order valence-electron chi connectivity index (χ3n) is 2.05. The Morgan fingerprint density at radius 1 is 1.50 bits per heavy atom. The largest absolute Gasteiger partial charge is 0.292 e. The fourth-order valence-electron chi connectivity index (χ4n) is 1.23. The highest BCUT2D eigenvalue weighted by Crippen LogP contribution is 2.24. The molecule has 0 amide bonds. The van der Waals surface area contributed by atoms with Crippen LogP contribution in [0.25, 0.3) is 0 Å². The molecule has 1 N–H and O–H groups in total. The van der Waals surface area contributed by atoms with Gasteiger partial charge in [0.2, 0.25) is 10.0 Å². The van der Waals surface area contributed by atoms with Gasteiger partial charge < -0.3 is 0 Å². The Hall–Kier alpha value is -1.80. The van der Waals surface area contributed by atoms with Gasteiger partial charge in [-0.25, -0.2) is 17.5 Å². The summed E-state index contributed by atoms with van der Waals surface area (Å²) >= 11 is 0. The average molecular weight is 274 g/mol. The van der Waals surface area contributed by atoms with Crippen LogP contribution in [0.1, 0.15) is 6.42 Å². The van der Waals surface area contributed by atoms with Crippen LogP contribution in [0, 0.1) is 15.9 Å². The first-order chi connectivity index (χ1) is 8.38. The van der Waals surface area contributed by atoms with Crippen LogP contribution in [0.3, 0.4) is 0 Å². The number of rotatable bonds is 6. The maximum absolute atomic E-state index is 12.9. The molecule has 6 nitrogen and oxygen atoms in total. The number of nitrogens with one attached hydrogen (secondary N) is 1. The zero-order valence-corrected chi connectivity index (χ0v) is 10.1. The van der Waals surface area contributed by atoms with Gasteiger partial charge in [0.1, 0.15) is 5.82 Å². The third-order valence-corrected chi connectivity index (χ3v) is 3.56. The third kappa shape index (κ3) is 3.34. The van der Waals surface area contributed by atoms with Gasteiger partial charge in [-0.05, 0) is 18.6 Å². The Balaban J connectivity index is 3.15. The van der Waals surface area contributed by atoms with Gasteiger partial charge in [0.15, 0.2) is 4.90 Å². The van der Waals surface area contributed by atoms with Crippen molar-refractivity contribution in [3.8, 4) is 0 Å². The molecule has 0 saturated heterocycles. The number of benzene rings is 1. The van der Waals surface area contributed by atoms with Gasteiger partial charge >= 0.3 is 0 Å². The second kappa shape index (κ2) is 5.69. The van der Waals surface area contributed by atoms with Gasteiger partial charge in [0.05, 0.1) is 11.0 Å². The molecule has 0 saturated carbocycles. The Bertz CT molecular complexity index is 571. The van der Waals surface area contributed by atoms with E-state index in [1.165, 1.54) is 6.08 Å². The molecule has 0 aliphatic heterocycles. The highest BCUT2D eigenvalue weighted by molar-refractivity contribution is 7.89. The summed E-state index contributed by atoms with van der Waals surface area (Å²) in [4.78, 5) is 9.18. The predicted octanol–water partition coefficient (Wildman–Crippen LogP) is 1.59. The molecule has 0 aromatic heterocycles. The molecule has 0 heterocycles. The molecular weight excluding hydrogens is 263 g/mol. The van der Waals surface area contributed by atoms with Gasteiger partial charge in [-0.2, -0.15) is 0 Å². The fourth-order valence-corrected chi connectivity index (χ4v) is 2.43. The molecule has 8 heteroatoms. The highest BCUT2D eigenvalue weighted by atomic mass is 32.2. The predicted molar refractivity (Wildman–Crippen MR) is 63.1 cm³/mol. The molecule has 0 unspecified atom stereocenters. The molecule has 1 rings (SSSR count). The van der Waals surface area contributed by atoms with Crippen LogP contribution >= 0.6 is 0 Å². The lowest BCUT2D eigenvalue weighted by atomic mass is 10.3. The lowest BCUT2D eigenvalue weighted by Gasteiger charge is -2.06. The molecule has 0 bridgehead atoms. The zero-order valence-electron chi connectivity index (χ0n) is 9.30. The first kappa shape index (κ1) is 14.3. The van der Waals surface area contributed by atoms with Gasteiger partial charge in [-0.3, -0.25) is 10.1 Å². The van der Waals surface area contributed by atoms with Crippen LogP contribution in [0.2, 0.25) is 0 Å². The number of nitrogens with zero attached hydrogens (tertiary/aromatic N) is 1. The van der Waals surface area contributed by atoms with Crippen molar-refractivity contribution in [3.63, 3.8) is 0 Å². The number of sulfonamides is 1. The molecule has 0 fully saturated rings. The van der Waals surface area contributed by atoms with Crippen molar-refractivity contribution < 1.29 is 17.7 Å². The Labute approximate surface area is 103 Å². The summed E-state index contributed by atoms with van der Waals surface area (Å²) in [6, 6.07) is 2.29. The van der Waals surface area contributed by atoms with Crippen molar-refractivity contribution >= 4 is 15.7 Å². The van der Waals surface area contributed by atoms with Crippen molar-refractivity contribution in [1.29, 1.82) is 0 Å². The van der Waals surface area contributed by atoms with E-state index < -0.39 is 31.3 Å². The normalized spacial score (nSPS) is 11.2. The Kier molecular flexibility index (Phi) is 4.51. The lowest BCUT2D eigenvalue weighted by Crippen LogP contribution is -2.25. The monoisotopic (exact) mass is 274 g/mol. The van der Waals surface area contributed by atoms with Gasteiger partial charge in [0.25, 0.3) is 5.69 Å². The number of hydrogen-bond donors (Lipinski definition) is 1. The van der Waals surface area contributed by atoms with E-state index in [0.29, 0.717) is 12.5 Å². The lowest BCUT2D eigenvalue weighted by molar-refractivity contribution is -0.388. The van der Waals surface area contributed by atoms with Gasteiger partial charge in [-0.1, -0.05) is 6.08 Å². The first-order valence-electron chi connectivity index (χ1n) is 4.93. The van der Waals surface area contributed by atoms with E-state index in [9.17, 15) is 22.9 Å². The summed E-state index contributed by atoms with van der Waals surface area (Å²) < 4.78 is 38.6. The highest BCUT2D eigenvalue weighted by Gasteiger charge is 2.25. The van der Waals surface area contributed by atoms with Crippen molar-refractivity contribution in [1.82, 2.24) is 4.72 Å². The van der Waals surface area contributed by atoms with Crippen molar-refractivity contribution in [2.45, 2.75) is 11.3 Å². The minimum Gasteiger partial charge on any atom is -0.258 e. The van der Waals surface area contributed by atoms with Gasteiger partial charge in [-0.15, -0.1) is 6.58 Å². The Morgan fingerprint density at radius 3 is 2.72 bits per heavy atom. The molecule has 0 aliphatic rings. The minimum atomic E-state index is -4.03. The smallest absolute Gasteiger partial charge is 0.258 e. The number of halogens is 1. The molecule has 1 aromatic carbocycles. The average Bonchev–Trinajstić information content (AvgIpc) is 2.28. The van der Waals surface area contributed by atoms with E-state index in [2.05, 4.69) is 11.3 Å². The maximum atomic E-state index is 12.9. The second-order valence-corrected chi connectivity index (χ2v) is 5.08. The molecule has 98 valence electrons. The summed E-state index contributed by atoms with van der Waals surface area (Å²) in [6.45, 7) is 3.49. The summed E-state index contributed by atoms with van der Waals surface area (Å²) in [5.41, 5.74) is -0.791. The topological polar surface area (TPSA) is 89.3 Å². The molecule has 0 aliphatic carbocycles. The molecule has 0 radical (unpaired) electrons. The number of nitro benzene ring substituents is 1. The summed E-state index contributed by atoms with van der Waals surface area (Å²) in [5, 5.41) is 10.7. The van der Waals surface area contributed by atoms with Crippen LogP contribution in [0.5, 0.6) is 0 Å². The van der Waals surface area contributed by atoms with E-state index in [1.807, 2.05) is 0 Å². The van der Waals surface area contributed by atoms with E-state index in [1.54, 1.807) is 0 Å². The van der Waals surface area contributed by atoms with Crippen LogP contribution in [-0.4, -0.2) is 19.9 Å². The van der Waals surface area contributed by atoms with Crippen molar-refractivity contribution in [2.24, 2.45) is 0 Å². The number of hydrogen-bond acceptors (Lipinski definition) is 4. The van der Waals surface area contributed by atoms with E-state index in [0.717, 1.165) is 12.1 Å². The second-order valence-electron chi connectivity index (χ2n) is 3.34. The van der Waals surface area contributed by atoms with E-state index in [4.69, 9.17) is 0 Å². The maximum Gasteiger partial charge on any atom is 0.292 e. The summed E-state index contributed by atoms with van der Waals surface area (Å²) in [6.07, 6.45) is 1.88. The van der Waals surface area contributed by atoms with Gasteiger partial charge in [0, 0.05) is 6.54 Å². The summed E-state index contributed by atoms with van der Waals surface area (Å²) in [5.74, 6) is -0.869. The van der Waals surface area contributed by atoms with E-state index >= 15 is 0 Å². The van der Waals surface area contributed by atoms with Crippen molar-refractivity contribution in [3.05, 3.63) is 46.8 Å². The number of nitro groups is 1. The molecular formula is C10H11FN2O4S. The van der Waals surface area contributed by atoms with Crippen LogP contribution in [-0.2, 0) is 10.0 Å². The molecule has 0 spiro atoms. The quantitative estimate of drug-likeness (QED) is 0.369. The standard InChI is InChI=1S/C10H11FN2O4S/c1-2-3-6-12-18(16,17)10-5-4-8(11)7-9(10)13(14)15/h2,4-5,7,12H,1,3,6H2. The van der Waals surface area contributed by atoms with Crippen LogP contribution in [0.15, 0.2) is 35.7 Å². The molecule has 18 heavy (non-hydrogen) atoms. The molecule has 1 aromatic rings. The fraction of sp³-hybridized carbons (Fsp3) is 0.200. The van der Waals surface area contributed by atoms with Crippen molar-refractivity contribution in [2.75, 3.05) is 6.54 Å². The zero-order chi connectivity index (χ0) is 13.8. The first-order valence-corrected chi connectivity index (χ1v) is 6.41. The Morgan fingerprint density at radius 2 is 2.17 bits per heavy atom. The molecule has 0 atom stereocenters. The van der Waals surface area contributed by atoms with Crippen LogP contribution in [0.4, 0.5) is 10.1 Å². The van der Waals surface area contributed by atoms with Crippen LogP contribution < -0.4 is 4.72 Å². The van der Waals surface area contributed by atoms with E-state index in [-0.39, 0.29) is 6.54 Å². The summed E-state index contributed by atoms with van der Waals surface area (Å²) in [7, 11) is -4.03.